The Hall–Kier alpha value is -3.82. The van der Waals surface area contributed by atoms with Crippen LogP contribution in [0.5, 0.6) is 0 Å². The molecule has 26 heavy (non-hydrogen) atoms. The standard InChI is InChI=1S/C16H17N9O/c1-9-4-10(2-3-19-9)15-11-6-20-14(5-12(11)24-25-15)23-16(26)21-7-13(18)22-8-17/h2-6,8H,7H2,1H3,(H,24,25)(H3,17,18,22)(H2,20,21,23,26). The predicted octanol–water partition coefficient (Wildman–Crippen LogP) is 1.41. The summed E-state index contributed by atoms with van der Waals surface area (Å²) in [5.74, 6) is 0.489. The van der Waals surface area contributed by atoms with Gasteiger partial charge in [-0.25, -0.2) is 14.8 Å². The monoisotopic (exact) mass is 351 g/mol. The van der Waals surface area contributed by atoms with Gasteiger partial charge in [-0.2, -0.15) is 5.10 Å². The van der Waals surface area contributed by atoms with Gasteiger partial charge in [-0.15, -0.1) is 0 Å². The highest BCUT2D eigenvalue weighted by molar-refractivity contribution is 5.97. The molecule has 0 aliphatic rings. The molecule has 3 rings (SSSR count). The second-order valence-electron chi connectivity index (χ2n) is 5.43. The number of aromatic amines is 1. The van der Waals surface area contributed by atoms with Crippen LogP contribution >= 0.6 is 0 Å². The molecule has 2 amide bonds. The zero-order valence-corrected chi connectivity index (χ0v) is 13.9. The van der Waals surface area contributed by atoms with Gasteiger partial charge in [-0.3, -0.25) is 20.8 Å². The first-order chi connectivity index (χ1) is 12.6. The van der Waals surface area contributed by atoms with E-state index in [1.165, 1.54) is 0 Å². The van der Waals surface area contributed by atoms with Gasteiger partial charge in [0.2, 0.25) is 0 Å². The molecule has 0 spiro atoms. The Kier molecular flexibility index (Phi) is 4.83. The van der Waals surface area contributed by atoms with Crippen molar-refractivity contribution >= 4 is 34.9 Å². The molecular formula is C16H17N9O. The molecule has 3 aromatic rings. The maximum Gasteiger partial charge on any atom is 0.320 e. The molecule has 0 aliphatic carbocycles. The minimum Gasteiger partial charge on any atom is -0.386 e. The average molecular weight is 351 g/mol. The third-order valence-corrected chi connectivity index (χ3v) is 3.52. The molecule has 0 saturated heterocycles. The number of aliphatic imine (C=N–C) groups is 1. The van der Waals surface area contributed by atoms with Crippen molar-refractivity contribution in [2.75, 3.05) is 11.9 Å². The zero-order chi connectivity index (χ0) is 18.5. The summed E-state index contributed by atoms with van der Waals surface area (Å²) in [6, 6.07) is 5.02. The Balaban J connectivity index is 1.75. The van der Waals surface area contributed by atoms with Gasteiger partial charge in [-0.1, -0.05) is 0 Å². The molecule has 0 aromatic carbocycles. The van der Waals surface area contributed by atoms with E-state index in [0.29, 0.717) is 5.82 Å². The van der Waals surface area contributed by atoms with Crippen LogP contribution in [0.25, 0.3) is 22.2 Å². The van der Waals surface area contributed by atoms with E-state index in [-0.39, 0.29) is 12.4 Å². The van der Waals surface area contributed by atoms with E-state index in [4.69, 9.17) is 11.1 Å². The molecule has 0 unspecified atom stereocenters. The molecule has 132 valence electrons. The van der Waals surface area contributed by atoms with Crippen molar-refractivity contribution in [1.29, 1.82) is 5.41 Å². The fraction of sp³-hybridized carbons (Fsp3) is 0.125. The number of amidine groups is 1. The molecule has 0 atom stereocenters. The summed E-state index contributed by atoms with van der Waals surface area (Å²) in [6.45, 7) is 1.94. The first kappa shape index (κ1) is 17.0. The molecular weight excluding hydrogens is 334 g/mol. The first-order valence-electron chi connectivity index (χ1n) is 7.70. The van der Waals surface area contributed by atoms with Crippen LogP contribution in [0.3, 0.4) is 0 Å². The summed E-state index contributed by atoms with van der Waals surface area (Å²) in [5, 5.41) is 20.0. The lowest BCUT2D eigenvalue weighted by Crippen LogP contribution is -2.36. The Morgan fingerprint density at radius 1 is 1.42 bits per heavy atom. The summed E-state index contributed by atoms with van der Waals surface area (Å²) >= 11 is 0. The molecule has 10 heteroatoms. The van der Waals surface area contributed by atoms with Crippen molar-refractivity contribution in [2.45, 2.75) is 6.92 Å². The second kappa shape index (κ2) is 7.38. The number of aromatic nitrogens is 4. The Morgan fingerprint density at radius 2 is 2.27 bits per heavy atom. The van der Waals surface area contributed by atoms with Crippen molar-refractivity contribution < 1.29 is 4.79 Å². The number of H-pyrrole nitrogens is 1. The average Bonchev–Trinajstić information content (AvgIpc) is 3.03. The molecule has 0 saturated carbocycles. The van der Waals surface area contributed by atoms with Gasteiger partial charge in [-0.05, 0) is 19.1 Å². The second-order valence-corrected chi connectivity index (χ2v) is 5.43. The van der Waals surface area contributed by atoms with E-state index in [0.717, 1.165) is 34.2 Å². The number of hydrogen-bond donors (Lipinski definition) is 5. The Bertz CT molecular complexity index is 992. The number of nitrogens with zero attached hydrogens (tertiary/aromatic N) is 4. The molecule has 10 nitrogen and oxygen atoms in total. The number of hydrogen-bond acceptors (Lipinski definition) is 5. The fourth-order valence-corrected chi connectivity index (χ4v) is 2.35. The van der Waals surface area contributed by atoms with Crippen molar-refractivity contribution in [3.05, 3.63) is 36.3 Å². The third kappa shape index (κ3) is 3.80. The minimum absolute atomic E-state index is 0.0268. The van der Waals surface area contributed by atoms with E-state index < -0.39 is 6.03 Å². The SMILES string of the molecule is Cc1cc(-c2n[nH]c3cc(NC(=O)NCC(N)=NC=N)ncc23)ccn1. The highest BCUT2D eigenvalue weighted by Gasteiger charge is 2.11. The number of anilines is 1. The van der Waals surface area contributed by atoms with Gasteiger partial charge in [0.15, 0.2) is 0 Å². The van der Waals surface area contributed by atoms with E-state index in [1.807, 2.05) is 19.1 Å². The fourth-order valence-electron chi connectivity index (χ4n) is 2.35. The lowest BCUT2D eigenvalue weighted by Gasteiger charge is -2.06. The number of carbonyl (C=O) groups is 1. The Labute approximate surface area is 148 Å². The maximum absolute atomic E-state index is 11.9. The van der Waals surface area contributed by atoms with Crippen LogP contribution < -0.4 is 16.4 Å². The largest absolute Gasteiger partial charge is 0.386 e. The van der Waals surface area contributed by atoms with E-state index >= 15 is 0 Å². The number of nitrogens with two attached hydrogens (primary N) is 1. The van der Waals surface area contributed by atoms with Gasteiger partial charge in [0.05, 0.1) is 12.1 Å². The maximum atomic E-state index is 11.9. The van der Waals surface area contributed by atoms with E-state index in [9.17, 15) is 4.79 Å². The van der Waals surface area contributed by atoms with Crippen molar-refractivity contribution in [1.82, 2.24) is 25.5 Å². The number of pyridine rings is 2. The van der Waals surface area contributed by atoms with Crippen LogP contribution in [0, 0.1) is 12.3 Å². The van der Waals surface area contributed by atoms with Crippen LogP contribution in [-0.4, -0.2) is 44.9 Å². The summed E-state index contributed by atoms with van der Waals surface area (Å²) in [5.41, 5.74) is 8.83. The highest BCUT2D eigenvalue weighted by atomic mass is 16.2. The number of amides is 2. The van der Waals surface area contributed by atoms with Gasteiger partial charge in [0.1, 0.15) is 23.7 Å². The summed E-state index contributed by atoms with van der Waals surface area (Å²) in [4.78, 5) is 23.8. The van der Waals surface area contributed by atoms with Crippen molar-refractivity contribution in [3.63, 3.8) is 0 Å². The smallest absolute Gasteiger partial charge is 0.320 e. The number of carbonyl (C=O) groups excluding carboxylic acids is 1. The topological polar surface area (TPSA) is 158 Å². The summed E-state index contributed by atoms with van der Waals surface area (Å²) < 4.78 is 0. The number of urea groups is 1. The molecule has 6 N–H and O–H groups in total. The van der Waals surface area contributed by atoms with Gasteiger partial charge >= 0.3 is 6.03 Å². The number of aryl methyl sites for hydroxylation is 1. The quantitative estimate of drug-likeness (QED) is 0.347. The van der Waals surface area contributed by atoms with Crippen molar-refractivity contribution in [3.8, 4) is 11.3 Å². The predicted molar refractivity (Wildman–Crippen MR) is 99.3 cm³/mol. The summed E-state index contributed by atoms with van der Waals surface area (Å²) in [6.07, 6.45) is 4.18. The van der Waals surface area contributed by atoms with Crippen LogP contribution in [0.15, 0.2) is 35.6 Å². The number of nitrogens with one attached hydrogen (secondary N) is 4. The Morgan fingerprint density at radius 3 is 3.04 bits per heavy atom. The van der Waals surface area contributed by atoms with Crippen LogP contribution in [0.4, 0.5) is 10.6 Å². The normalized spacial score (nSPS) is 11.3. The molecule has 0 fully saturated rings. The molecule has 3 heterocycles. The molecule has 0 bridgehead atoms. The van der Waals surface area contributed by atoms with E-state index in [2.05, 4.69) is 35.8 Å². The highest BCUT2D eigenvalue weighted by Crippen LogP contribution is 2.26. The third-order valence-electron chi connectivity index (χ3n) is 3.52. The first-order valence-corrected chi connectivity index (χ1v) is 7.70. The number of rotatable bonds is 5. The van der Waals surface area contributed by atoms with E-state index in [1.54, 1.807) is 18.5 Å². The minimum atomic E-state index is -0.482. The molecule has 0 aliphatic heterocycles. The van der Waals surface area contributed by atoms with Gasteiger partial charge in [0.25, 0.3) is 0 Å². The van der Waals surface area contributed by atoms with Crippen LogP contribution in [0.1, 0.15) is 5.69 Å². The van der Waals surface area contributed by atoms with Gasteiger partial charge in [0, 0.05) is 35.1 Å². The van der Waals surface area contributed by atoms with Crippen LogP contribution in [0.2, 0.25) is 0 Å². The molecule has 3 aromatic heterocycles. The van der Waals surface area contributed by atoms with Crippen LogP contribution in [-0.2, 0) is 0 Å². The van der Waals surface area contributed by atoms with Crippen molar-refractivity contribution in [2.24, 2.45) is 10.7 Å². The summed E-state index contributed by atoms with van der Waals surface area (Å²) in [7, 11) is 0. The number of fused-ring (bicyclic) bond motifs is 1. The van der Waals surface area contributed by atoms with Gasteiger partial charge < -0.3 is 11.1 Å². The lowest BCUT2D eigenvalue weighted by atomic mass is 10.1. The lowest BCUT2D eigenvalue weighted by molar-refractivity contribution is 0.253. The molecule has 0 radical (unpaired) electrons. The zero-order valence-electron chi connectivity index (χ0n) is 13.9.